The van der Waals surface area contributed by atoms with Gasteiger partial charge in [-0.25, -0.2) is 0 Å². The van der Waals surface area contributed by atoms with Crippen molar-refractivity contribution in [3.05, 3.63) is 59.0 Å². The van der Waals surface area contributed by atoms with Gasteiger partial charge in [-0.1, -0.05) is 18.2 Å². The van der Waals surface area contributed by atoms with E-state index in [1.807, 2.05) is 12.1 Å². The molecule has 1 atom stereocenters. The van der Waals surface area contributed by atoms with Crippen molar-refractivity contribution in [2.24, 2.45) is 0 Å². The molecule has 0 aliphatic rings. The lowest BCUT2D eigenvalue weighted by molar-refractivity contribution is 0.0323. The monoisotopic (exact) mass is 303 g/mol. The topological polar surface area (TPSA) is 71.7 Å². The largest absolute Gasteiger partial charge is 0.463 e. The van der Waals surface area contributed by atoms with Crippen LogP contribution in [0.1, 0.15) is 34.4 Å². The fourth-order valence-electron chi connectivity index (χ4n) is 2.18. The number of amides is 1. The average molecular weight is 303 g/mol. The van der Waals surface area contributed by atoms with Crippen LogP contribution >= 0.6 is 0 Å². The van der Waals surface area contributed by atoms with Crippen LogP contribution in [0.2, 0.25) is 0 Å². The number of hydrogen-bond donors (Lipinski definition) is 2. The molecule has 0 radical (unpaired) electrons. The minimum Gasteiger partial charge on any atom is -0.463 e. The molecular formula is C17H21NO4. The van der Waals surface area contributed by atoms with Crippen molar-refractivity contribution >= 4 is 5.91 Å². The quantitative estimate of drug-likeness (QED) is 0.859. The maximum absolute atomic E-state index is 12.3. The molecule has 0 saturated carbocycles. The number of carbonyl (C=O) groups excluding carboxylic acids is 1. The standard InChI is InChI=1S/C17H21NO4/c1-12-8-9-15(22-12)17(2,20)11-18-16(19)14-7-5-4-6-13(14)10-21-3/h4-9,20H,10-11H2,1-3H3,(H,18,19). The molecule has 22 heavy (non-hydrogen) atoms. The Morgan fingerprint density at radius 2 is 2.05 bits per heavy atom. The Morgan fingerprint density at radius 1 is 1.32 bits per heavy atom. The Labute approximate surface area is 129 Å². The molecule has 118 valence electrons. The average Bonchev–Trinajstić information content (AvgIpc) is 2.93. The van der Waals surface area contributed by atoms with E-state index in [2.05, 4.69) is 5.32 Å². The van der Waals surface area contributed by atoms with Crippen molar-refractivity contribution in [1.29, 1.82) is 0 Å². The number of rotatable bonds is 6. The van der Waals surface area contributed by atoms with Crippen LogP contribution in [-0.4, -0.2) is 24.7 Å². The smallest absolute Gasteiger partial charge is 0.251 e. The van der Waals surface area contributed by atoms with E-state index in [-0.39, 0.29) is 12.5 Å². The molecular weight excluding hydrogens is 282 g/mol. The van der Waals surface area contributed by atoms with Gasteiger partial charge in [0.1, 0.15) is 17.1 Å². The van der Waals surface area contributed by atoms with E-state index in [0.717, 1.165) is 5.56 Å². The molecule has 0 aliphatic carbocycles. The van der Waals surface area contributed by atoms with E-state index in [0.29, 0.717) is 23.7 Å². The van der Waals surface area contributed by atoms with Gasteiger partial charge in [-0.2, -0.15) is 0 Å². The van der Waals surface area contributed by atoms with Crippen LogP contribution in [0.5, 0.6) is 0 Å². The SMILES string of the molecule is COCc1ccccc1C(=O)NCC(C)(O)c1ccc(C)o1. The molecule has 1 heterocycles. The van der Waals surface area contributed by atoms with Crippen molar-refractivity contribution in [1.82, 2.24) is 5.32 Å². The van der Waals surface area contributed by atoms with Crippen LogP contribution in [0.25, 0.3) is 0 Å². The Kier molecular flexibility index (Phi) is 5.00. The first kappa shape index (κ1) is 16.3. The third-order valence-electron chi connectivity index (χ3n) is 3.43. The number of nitrogens with one attached hydrogen (secondary N) is 1. The van der Waals surface area contributed by atoms with Crippen LogP contribution < -0.4 is 5.32 Å². The third-order valence-corrected chi connectivity index (χ3v) is 3.43. The van der Waals surface area contributed by atoms with Gasteiger partial charge in [0.2, 0.25) is 0 Å². The number of benzene rings is 1. The molecule has 0 spiro atoms. The molecule has 0 aliphatic heterocycles. The summed E-state index contributed by atoms with van der Waals surface area (Å²) in [6.45, 7) is 3.82. The summed E-state index contributed by atoms with van der Waals surface area (Å²) in [6, 6.07) is 10.7. The summed E-state index contributed by atoms with van der Waals surface area (Å²) < 4.78 is 10.5. The fourth-order valence-corrected chi connectivity index (χ4v) is 2.18. The summed E-state index contributed by atoms with van der Waals surface area (Å²) in [4.78, 5) is 12.3. The highest BCUT2D eigenvalue weighted by Gasteiger charge is 2.27. The number of hydrogen-bond acceptors (Lipinski definition) is 4. The fraction of sp³-hybridized carbons (Fsp3) is 0.353. The normalized spacial score (nSPS) is 13.6. The molecule has 1 aromatic carbocycles. The molecule has 5 nitrogen and oxygen atoms in total. The van der Waals surface area contributed by atoms with Crippen molar-refractivity contribution in [3.63, 3.8) is 0 Å². The molecule has 1 aromatic heterocycles. The highest BCUT2D eigenvalue weighted by molar-refractivity contribution is 5.95. The van der Waals surface area contributed by atoms with Crippen molar-refractivity contribution in [2.75, 3.05) is 13.7 Å². The lowest BCUT2D eigenvalue weighted by Gasteiger charge is -2.21. The van der Waals surface area contributed by atoms with E-state index < -0.39 is 5.60 Å². The van der Waals surface area contributed by atoms with Crippen molar-refractivity contribution in [3.8, 4) is 0 Å². The molecule has 2 aromatic rings. The van der Waals surface area contributed by atoms with E-state index >= 15 is 0 Å². The Bertz CT molecular complexity index is 646. The highest BCUT2D eigenvalue weighted by atomic mass is 16.5. The molecule has 0 bridgehead atoms. The molecule has 5 heteroatoms. The van der Waals surface area contributed by atoms with Crippen LogP contribution in [0.4, 0.5) is 0 Å². The predicted molar refractivity (Wildman–Crippen MR) is 82.5 cm³/mol. The summed E-state index contributed by atoms with van der Waals surface area (Å²) in [5.74, 6) is 0.888. The number of aryl methyl sites for hydroxylation is 1. The van der Waals surface area contributed by atoms with E-state index in [4.69, 9.17) is 9.15 Å². The maximum atomic E-state index is 12.3. The Balaban J connectivity index is 2.06. The second-order valence-electron chi connectivity index (χ2n) is 5.46. The van der Waals surface area contributed by atoms with Crippen LogP contribution in [0, 0.1) is 6.92 Å². The zero-order chi connectivity index (χ0) is 16.2. The minimum atomic E-state index is -1.26. The van der Waals surface area contributed by atoms with Gasteiger partial charge in [-0.05, 0) is 37.6 Å². The van der Waals surface area contributed by atoms with Crippen molar-refractivity contribution in [2.45, 2.75) is 26.1 Å². The predicted octanol–water partition coefficient (Wildman–Crippen LogP) is 2.37. The second kappa shape index (κ2) is 6.77. The molecule has 0 fully saturated rings. The lowest BCUT2D eigenvalue weighted by atomic mass is 10.0. The van der Waals surface area contributed by atoms with Gasteiger partial charge in [-0.3, -0.25) is 4.79 Å². The van der Waals surface area contributed by atoms with Crippen molar-refractivity contribution < 1.29 is 19.1 Å². The number of furan rings is 1. The molecule has 1 amide bonds. The first-order valence-electron chi connectivity index (χ1n) is 7.08. The molecule has 2 rings (SSSR count). The second-order valence-corrected chi connectivity index (χ2v) is 5.46. The summed E-state index contributed by atoms with van der Waals surface area (Å²) in [7, 11) is 1.58. The minimum absolute atomic E-state index is 0.0557. The zero-order valence-corrected chi connectivity index (χ0v) is 13.1. The van der Waals surface area contributed by atoms with Crippen LogP contribution in [0.15, 0.2) is 40.8 Å². The number of ether oxygens (including phenoxy) is 1. The van der Waals surface area contributed by atoms with Gasteiger partial charge in [0.25, 0.3) is 5.91 Å². The van der Waals surface area contributed by atoms with Gasteiger partial charge in [0.05, 0.1) is 13.2 Å². The highest BCUT2D eigenvalue weighted by Crippen LogP contribution is 2.22. The molecule has 2 N–H and O–H groups in total. The third kappa shape index (κ3) is 3.75. The summed E-state index contributed by atoms with van der Waals surface area (Å²) >= 11 is 0. The number of carbonyl (C=O) groups is 1. The maximum Gasteiger partial charge on any atom is 0.251 e. The molecule has 1 unspecified atom stereocenters. The zero-order valence-electron chi connectivity index (χ0n) is 13.1. The summed E-state index contributed by atoms with van der Waals surface area (Å²) in [5, 5.41) is 13.2. The van der Waals surface area contributed by atoms with E-state index in [1.54, 1.807) is 45.2 Å². The van der Waals surface area contributed by atoms with Gasteiger partial charge in [0.15, 0.2) is 0 Å². The van der Waals surface area contributed by atoms with Gasteiger partial charge < -0.3 is 19.6 Å². The first-order chi connectivity index (χ1) is 10.4. The summed E-state index contributed by atoms with van der Waals surface area (Å²) in [6.07, 6.45) is 0. The Hall–Kier alpha value is -2.11. The van der Waals surface area contributed by atoms with Crippen LogP contribution in [-0.2, 0) is 16.9 Å². The van der Waals surface area contributed by atoms with Gasteiger partial charge >= 0.3 is 0 Å². The number of methoxy groups -OCH3 is 1. The van der Waals surface area contributed by atoms with Gasteiger partial charge in [-0.15, -0.1) is 0 Å². The summed E-state index contributed by atoms with van der Waals surface area (Å²) in [5.41, 5.74) is 0.0758. The van der Waals surface area contributed by atoms with E-state index in [9.17, 15) is 9.90 Å². The lowest BCUT2D eigenvalue weighted by Crippen LogP contribution is -2.38. The van der Waals surface area contributed by atoms with Gasteiger partial charge in [0, 0.05) is 12.7 Å². The van der Waals surface area contributed by atoms with Crippen LogP contribution in [0.3, 0.4) is 0 Å². The first-order valence-corrected chi connectivity index (χ1v) is 7.08. The van der Waals surface area contributed by atoms with E-state index in [1.165, 1.54) is 0 Å². The Morgan fingerprint density at radius 3 is 2.68 bits per heavy atom. The number of aliphatic hydroxyl groups is 1. The molecule has 0 saturated heterocycles.